The number of aromatic amines is 1. The maximum atomic E-state index is 12.4. The quantitative estimate of drug-likeness (QED) is 0.123. The normalized spacial score (nSPS) is 14.8. The van der Waals surface area contributed by atoms with Gasteiger partial charge >= 0.3 is 23.6 Å². The molecule has 15 nitrogen and oxygen atoms in total. The molecule has 3 heterocycles. The number of benzene rings is 3. The fourth-order valence-corrected chi connectivity index (χ4v) is 6.04. The number of nitro benzene ring substituents is 1. The number of amides is 3. The summed E-state index contributed by atoms with van der Waals surface area (Å²) < 4.78 is 10.5. The Morgan fingerprint density at radius 1 is 0.885 bits per heavy atom. The third-order valence-corrected chi connectivity index (χ3v) is 8.80. The summed E-state index contributed by atoms with van der Waals surface area (Å²) in [7, 11) is 0. The van der Waals surface area contributed by atoms with Gasteiger partial charge in [-0.05, 0) is 63.8 Å². The molecule has 3 N–H and O–H groups in total. The first-order valence-corrected chi connectivity index (χ1v) is 17.5. The van der Waals surface area contributed by atoms with Crippen LogP contribution in [-0.2, 0) is 11.2 Å². The van der Waals surface area contributed by atoms with Crippen molar-refractivity contribution in [2.24, 2.45) is 0 Å². The highest BCUT2D eigenvalue weighted by molar-refractivity contribution is 5.78. The van der Waals surface area contributed by atoms with Crippen LogP contribution in [0, 0.1) is 10.1 Å². The minimum atomic E-state index is -0.625. The van der Waals surface area contributed by atoms with E-state index in [9.17, 15) is 29.6 Å². The Kier molecular flexibility index (Phi) is 12.3. The second-order valence-electron chi connectivity index (χ2n) is 13.7. The molecule has 6 rings (SSSR count). The lowest BCUT2D eigenvalue weighted by Crippen LogP contribution is -2.52. The Balaban J connectivity index is 0.000000207. The van der Waals surface area contributed by atoms with Crippen molar-refractivity contribution in [2.75, 3.05) is 68.7 Å². The molecule has 3 aromatic carbocycles. The molecule has 3 amide bonds. The Morgan fingerprint density at radius 3 is 2.12 bits per heavy atom. The largest absolute Gasteiger partial charge is 0.502 e. The van der Waals surface area contributed by atoms with Crippen molar-refractivity contribution in [2.45, 2.75) is 45.6 Å². The Bertz CT molecular complexity index is 1870. The highest BCUT2D eigenvalue weighted by Gasteiger charge is 2.27. The van der Waals surface area contributed by atoms with Gasteiger partial charge in [0.1, 0.15) is 5.60 Å². The van der Waals surface area contributed by atoms with Crippen LogP contribution >= 0.6 is 0 Å². The van der Waals surface area contributed by atoms with Gasteiger partial charge in [-0.15, -0.1) is 0 Å². The molecule has 0 aliphatic carbocycles. The molecule has 0 saturated carbocycles. The number of anilines is 2. The highest BCUT2D eigenvalue weighted by Crippen LogP contribution is 2.31. The van der Waals surface area contributed by atoms with Gasteiger partial charge in [-0.2, -0.15) is 0 Å². The van der Waals surface area contributed by atoms with E-state index < -0.39 is 16.3 Å². The van der Waals surface area contributed by atoms with E-state index in [0.717, 1.165) is 38.0 Å². The first kappa shape index (κ1) is 37.5. The van der Waals surface area contributed by atoms with Crippen molar-refractivity contribution in [1.29, 1.82) is 0 Å². The van der Waals surface area contributed by atoms with Gasteiger partial charge in [0.15, 0.2) is 11.3 Å². The number of hydrogen-bond acceptors (Lipinski definition) is 10. The molecule has 0 unspecified atom stereocenters. The van der Waals surface area contributed by atoms with Crippen molar-refractivity contribution < 1.29 is 28.8 Å². The number of unbranched alkanes of at least 4 members (excludes halogenated alkanes) is 1. The third kappa shape index (κ3) is 10.4. The SMILES string of the molecule is CC(C)(C)OC(=O)N1CCN(c2ccc([N+](=O)[O-])c(O)c2)CC1.O=C(NCCCCc1ccccc1)N1CCN(c2ccc3[nH]c(=O)oc3c2)CC1. The summed E-state index contributed by atoms with van der Waals surface area (Å²) in [5, 5.41) is 23.5. The number of ether oxygens (including phenoxy) is 1. The van der Waals surface area contributed by atoms with Crippen LogP contribution < -0.4 is 20.9 Å². The Hall–Kier alpha value is -5.73. The number of rotatable bonds is 8. The van der Waals surface area contributed by atoms with Crippen LogP contribution in [0.2, 0.25) is 0 Å². The van der Waals surface area contributed by atoms with Gasteiger partial charge in [-0.3, -0.25) is 15.1 Å². The number of nitro groups is 1. The van der Waals surface area contributed by atoms with Gasteiger partial charge in [0, 0.05) is 88.5 Å². The van der Waals surface area contributed by atoms with Crippen molar-refractivity contribution in [1.82, 2.24) is 20.1 Å². The van der Waals surface area contributed by atoms with Crippen molar-refractivity contribution >= 4 is 40.3 Å². The zero-order valence-corrected chi connectivity index (χ0v) is 29.9. The van der Waals surface area contributed by atoms with E-state index in [2.05, 4.69) is 39.5 Å². The summed E-state index contributed by atoms with van der Waals surface area (Å²) in [5.74, 6) is -0.801. The number of aromatic hydroxyl groups is 1. The topological polar surface area (TPSA) is 178 Å². The molecule has 0 bridgehead atoms. The number of phenols is 1. The molecular formula is C37H47N7O8. The van der Waals surface area contributed by atoms with Crippen LogP contribution in [0.1, 0.15) is 39.2 Å². The molecule has 15 heteroatoms. The number of aryl methyl sites for hydroxylation is 1. The molecule has 4 aromatic rings. The van der Waals surface area contributed by atoms with Crippen LogP contribution in [0.25, 0.3) is 11.1 Å². The summed E-state index contributed by atoms with van der Waals surface area (Å²) >= 11 is 0. The number of aromatic nitrogens is 1. The molecule has 2 saturated heterocycles. The summed E-state index contributed by atoms with van der Waals surface area (Å²) in [4.78, 5) is 56.1. The third-order valence-electron chi connectivity index (χ3n) is 8.80. The molecule has 1 aromatic heterocycles. The van der Waals surface area contributed by atoms with E-state index in [1.165, 1.54) is 17.7 Å². The van der Waals surface area contributed by atoms with Crippen molar-refractivity contribution in [3.8, 4) is 5.75 Å². The summed E-state index contributed by atoms with van der Waals surface area (Å²) in [6.07, 6.45) is 2.74. The van der Waals surface area contributed by atoms with Gasteiger partial charge in [-0.25, -0.2) is 14.4 Å². The average molecular weight is 718 g/mol. The minimum Gasteiger partial charge on any atom is -0.502 e. The van der Waals surface area contributed by atoms with Crippen LogP contribution in [0.15, 0.2) is 75.9 Å². The smallest absolute Gasteiger partial charge is 0.417 e. The fraction of sp³-hybridized carbons (Fsp3) is 0.432. The maximum absolute atomic E-state index is 12.4. The molecule has 0 atom stereocenters. The number of fused-ring (bicyclic) bond motifs is 1. The number of hydrogen-bond donors (Lipinski definition) is 3. The number of piperazine rings is 2. The average Bonchev–Trinajstić information content (AvgIpc) is 3.50. The number of carbonyl (C=O) groups is 2. The molecule has 0 spiro atoms. The number of carbonyl (C=O) groups excluding carboxylic acids is 2. The summed E-state index contributed by atoms with van der Waals surface area (Å²) in [6.45, 7) is 11.1. The standard InChI is InChI=1S/C22H26N4O3.C15H21N3O5/c27-21(23-11-5-4-8-17-6-2-1-3-7-17)26-14-12-25(13-15-26)18-9-10-19-20(16-18)29-22(28)24-19;1-15(2,3)23-14(20)17-8-6-16(7-9-17)11-4-5-12(18(21)22)13(19)10-11/h1-3,6-7,9-10,16H,4-5,8,11-15H2,(H,23,27)(H,24,28);4-5,10,19H,6-9H2,1-3H3. The lowest BCUT2D eigenvalue weighted by Gasteiger charge is -2.36. The first-order chi connectivity index (χ1) is 24.9. The zero-order chi connectivity index (χ0) is 37.3. The van der Waals surface area contributed by atoms with E-state index in [1.807, 2.05) is 54.8 Å². The molecule has 52 heavy (non-hydrogen) atoms. The molecule has 2 fully saturated rings. The summed E-state index contributed by atoms with van der Waals surface area (Å²) in [6, 6.07) is 20.4. The molecule has 2 aliphatic heterocycles. The van der Waals surface area contributed by atoms with Gasteiger partial charge in [0.05, 0.1) is 10.4 Å². The molecule has 278 valence electrons. The summed E-state index contributed by atoms with van der Waals surface area (Å²) in [5.41, 5.74) is 3.44. The van der Waals surface area contributed by atoms with Gasteiger partial charge < -0.3 is 39.2 Å². The van der Waals surface area contributed by atoms with Crippen LogP contribution in [-0.4, -0.2) is 101 Å². The second kappa shape index (κ2) is 17.0. The fourth-order valence-electron chi connectivity index (χ4n) is 6.04. The monoisotopic (exact) mass is 717 g/mol. The Morgan fingerprint density at radius 2 is 1.50 bits per heavy atom. The maximum Gasteiger partial charge on any atom is 0.417 e. The second-order valence-corrected chi connectivity index (χ2v) is 13.7. The zero-order valence-electron chi connectivity index (χ0n) is 29.9. The number of nitrogens with one attached hydrogen (secondary N) is 2. The lowest BCUT2D eigenvalue weighted by atomic mass is 10.1. The van der Waals surface area contributed by atoms with Crippen LogP contribution in [0.5, 0.6) is 5.75 Å². The lowest BCUT2D eigenvalue weighted by molar-refractivity contribution is -0.385. The number of H-pyrrole nitrogens is 1. The Labute approximate surface area is 301 Å². The highest BCUT2D eigenvalue weighted by atomic mass is 16.6. The molecular weight excluding hydrogens is 670 g/mol. The van der Waals surface area contributed by atoms with E-state index in [0.29, 0.717) is 62.6 Å². The van der Waals surface area contributed by atoms with Crippen LogP contribution in [0.3, 0.4) is 0 Å². The van der Waals surface area contributed by atoms with E-state index in [4.69, 9.17) is 9.15 Å². The van der Waals surface area contributed by atoms with Crippen molar-refractivity contribution in [3.63, 3.8) is 0 Å². The number of nitrogens with zero attached hydrogens (tertiary/aromatic N) is 5. The minimum absolute atomic E-state index is 0.0106. The van der Waals surface area contributed by atoms with Crippen molar-refractivity contribution in [3.05, 3.63) is 93.0 Å². The number of oxazole rings is 1. The van der Waals surface area contributed by atoms with E-state index >= 15 is 0 Å². The first-order valence-electron chi connectivity index (χ1n) is 17.5. The number of urea groups is 1. The predicted molar refractivity (Wildman–Crippen MR) is 198 cm³/mol. The molecule has 2 aliphatic rings. The van der Waals surface area contributed by atoms with Crippen LogP contribution in [0.4, 0.5) is 26.7 Å². The van der Waals surface area contributed by atoms with Gasteiger partial charge in [0.25, 0.3) is 0 Å². The van der Waals surface area contributed by atoms with E-state index in [1.54, 1.807) is 11.0 Å². The van der Waals surface area contributed by atoms with Gasteiger partial charge in [0.2, 0.25) is 0 Å². The molecule has 0 radical (unpaired) electrons. The number of phenolic OH excluding ortho intramolecular Hbond substituents is 1. The van der Waals surface area contributed by atoms with E-state index in [-0.39, 0.29) is 23.6 Å². The van der Waals surface area contributed by atoms with Gasteiger partial charge in [-0.1, -0.05) is 30.3 Å². The predicted octanol–water partition coefficient (Wildman–Crippen LogP) is 5.33.